The number of nitrogens with zero attached hydrogens (tertiary/aromatic N) is 1. The van der Waals surface area contributed by atoms with Crippen molar-refractivity contribution in [3.8, 4) is 11.6 Å². The van der Waals surface area contributed by atoms with Crippen molar-refractivity contribution in [2.75, 3.05) is 0 Å². The number of benzene rings is 1. The molecular weight excluding hydrogens is 272 g/mol. The van der Waals surface area contributed by atoms with Gasteiger partial charge in [-0.1, -0.05) is 25.4 Å². The first-order chi connectivity index (χ1) is 9.66. The van der Waals surface area contributed by atoms with Crippen molar-refractivity contribution in [2.45, 2.75) is 33.2 Å². The summed E-state index contributed by atoms with van der Waals surface area (Å²) in [5.41, 5.74) is 8.77. The molecule has 2 aromatic rings. The highest BCUT2D eigenvalue weighted by atomic mass is 35.5. The van der Waals surface area contributed by atoms with Crippen LogP contribution in [0, 0.1) is 0 Å². The van der Waals surface area contributed by atoms with Crippen LogP contribution >= 0.6 is 11.6 Å². The maximum Gasteiger partial charge on any atom is 0.219 e. The zero-order valence-corrected chi connectivity index (χ0v) is 12.6. The highest BCUT2D eigenvalue weighted by Gasteiger charge is 2.06. The van der Waals surface area contributed by atoms with Crippen molar-refractivity contribution in [3.05, 3.63) is 52.2 Å². The fraction of sp³-hybridized carbons (Fsp3) is 0.312. The molecule has 0 bridgehead atoms. The van der Waals surface area contributed by atoms with Gasteiger partial charge in [0, 0.05) is 23.3 Å². The van der Waals surface area contributed by atoms with Gasteiger partial charge >= 0.3 is 0 Å². The van der Waals surface area contributed by atoms with Crippen molar-refractivity contribution < 1.29 is 4.74 Å². The molecule has 2 rings (SSSR count). The second kappa shape index (κ2) is 6.73. The van der Waals surface area contributed by atoms with Crippen molar-refractivity contribution in [1.82, 2.24) is 4.98 Å². The van der Waals surface area contributed by atoms with Gasteiger partial charge in [-0.2, -0.15) is 0 Å². The van der Waals surface area contributed by atoms with Gasteiger partial charge in [0.05, 0.1) is 0 Å². The van der Waals surface area contributed by atoms with Crippen molar-refractivity contribution in [2.24, 2.45) is 5.73 Å². The van der Waals surface area contributed by atoms with E-state index in [9.17, 15) is 0 Å². The Balaban J connectivity index is 2.29. The third kappa shape index (κ3) is 3.50. The molecular formula is C16H19ClN2O. The van der Waals surface area contributed by atoms with E-state index >= 15 is 0 Å². The molecule has 0 saturated heterocycles. The molecule has 0 atom stereocenters. The Labute approximate surface area is 124 Å². The van der Waals surface area contributed by atoms with Crippen LogP contribution in [-0.2, 0) is 19.4 Å². The molecule has 106 valence electrons. The first kappa shape index (κ1) is 14.8. The summed E-state index contributed by atoms with van der Waals surface area (Å²) in [7, 11) is 0. The lowest BCUT2D eigenvalue weighted by Crippen LogP contribution is -2.01. The molecule has 0 aliphatic rings. The smallest absolute Gasteiger partial charge is 0.219 e. The predicted molar refractivity (Wildman–Crippen MR) is 82.4 cm³/mol. The average Bonchev–Trinajstić information content (AvgIpc) is 2.48. The standard InChI is InChI=1S/C16H19ClN2O/c1-3-12-9-14(5-6-15(12)17)20-16-8-11(10-18)7-13(4-2)19-16/h5-9H,3-4,10,18H2,1-2H3. The van der Waals surface area contributed by atoms with Crippen LogP contribution in [-0.4, -0.2) is 4.98 Å². The third-order valence-electron chi connectivity index (χ3n) is 3.13. The molecule has 1 aromatic heterocycles. The van der Waals surface area contributed by atoms with Crippen LogP contribution in [0.25, 0.3) is 0 Å². The van der Waals surface area contributed by atoms with Crippen molar-refractivity contribution in [1.29, 1.82) is 0 Å². The van der Waals surface area contributed by atoms with E-state index in [4.69, 9.17) is 22.1 Å². The largest absolute Gasteiger partial charge is 0.439 e. The lowest BCUT2D eigenvalue weighted by Gasteiger charge is -2.10. The van der Waals surface area contributed by atoms with Crippen LogP contribution in [0.4, 0.5) is 0 Å². The Kier molecular flexibility index (Phi) is 4.99. The Hall–Kier alpha value is -1.58. The normalized spacial score (nSPS) is 10.6. The summed E-state index contributed by atoms with van der Waals surface area (Å²) in [4.78, 5) is 4.46. The highest BCUT2D eigenvalue weighted by molar-refractivity contribution is 6.31. The second-order valence-electron chi connectivity index (χ2n) is 4.57. The predicted octanol–water partition coefficient (Wildman–Crippen LogP) is 4.11. The van der Waals surface area contributed by atoms with E-state index < -0.39 is 0 Å². The van der Waals surface area contributed by atoms with E-state index in [1.165, 1.54) is 0 Å². The Morgan fingerprint density at radius 1 is 1.15 bits per heavy atom. The zero-order chi connectivity index (χ0) is 14.5. The first-order valence-electron chi connectivity index (χ1n) is 6.82. The Bertz CT molecular complexity index is 577. The van der Waals surface area contributed by atoms with Gasteiger partial charge in [0.15, 0.2) is 0 Å². The molecule has 0 saturated carbocycles. The molecule has 4 heteroatoms. The molecule has 1 heterocycles. The number of ether oxygens (including phenoxy) is 1. The van der Waals surface area contributed by atoms with Gasteiger partial charge in [-0.05, 0) is 48.2 Å². The van der Waals surface area contributed by atoms with Gasteiger partial charge in [-0.25, -0.2) is 4.98 Å². The van der Waals surface area contributed by atoms with E-state index in [-0.39, 0.29) is 0 Å². The van der Waals surface area contributed by atoms with Gasteiger partial charge in [0.2, 0.25) is 5.88 Å². The minimum absolute atomic E-state index is 0.479. The lowest BCUT2D eigenvalue weighted by atomic mass is 10.1. The van der Waals surface area contributed by atoms with E-state index in [1.54, 1.807) is 0 Å². The van der Waals surface area contributed by atoms with Crippen LogP contribution < -0.4 is 10.5 Å². The van der Waals surface area contributed by atoms with E-state index in [0.29, 0.717) is 12.4 Å². The van der Waals surface area contributed by atoms with Gasteiger partial charge < -0.3 is 10.5 Å². The average molecular weight is 291 g/mol. The fourth-order valence-corrected chi connectivity index (χ4v) is 2.23. The number of hydrogen-bond acceptors (Lipinski definition) is 3. The number of aryl methyl sites for hydroxylation is 2. The SMILES string of the molecule is CCc1cc(CN)cc(Oc2ccc(Cl)c(CC)c2)n1. The van der Waals surface area contributed by atoms with Gasteiger partial charge in [-0.15, -0.1) is 0 Å². The molecule has 3 nitrogen and oxygen atoms in total. The highest BCUT2D eigenvalue weighted by Crippen LogP contribution is 2.26. The molecule has 0 fully saturated rings. The molecule has 20 heavy (non-hydrogen) atoms. The minimum atomic E-state index is 0.479. The monoisotopic (exact) mass is 290 g/mol. The van der Waals surface area contributed by atoms with E-state index in [2.05, 4.69) is 18.8 Å². The summed E-state index contributed by atoms with van der Waals surface area (Å²) >= 11 is 6.11. The quantitative estimate of drug-likeness (QED) is 0.901. The minimum Gasteiger partial charge on any atom is -0.439 e. The summed E-state index contributed by atoms with van der Waals surface area (Å²) < 4.78 is 5.84. The zero-order valence-electron chi connectivity index (χ0n) is 11.8. The maximum atomic E-state index is 6.11. The number of hydrogen-bond donors (Lipinski definition) is 1. The van der Waals surface area contributed by atoms with Crippen LogP contribution in [0.5, 0.6) is 11.6 Å². The molecule has 0 spiro atoms. The molecule has 2 N–H and O–H groups in total. The topological polar surface area (TPSA) is 48.1 Å². The lowest BCUT2D eigenvalue weighted by molar-refractivity contribution is 0.459. The second-order valence-corrected chi connectivity index (χ2v) is 4.98. The summed E-state index contributed by atoms with van der Waals surface area (Å²) in [6, 6.07) is 9.53. The summed E-state index contributed by atoms with van der Waals surface area (Å²) in [5, 5.41) is 0.762. The number of halogens is 1. The van der Waals surface area contributed by atoms with Gasteiger partial charge in [0.25, 0.3) is 0 Å². The van der Waals surface area contributed by atoms with Gasteiger partial charge in [-0.3, -0.25) is 0 Å². The molecule has 0 amide bonds. The molecule has 0 aliphatic heterocycles. The maximum absolute atomic E-state index is 6.11. The fourth-order valence-electron chi connectivity index (χ4n) is 1.98. The number of rotatable bonds is 5. The van der Waals surface area contributed by atoms with E-state index in [0.717, 1.165) is 40.4 Å². The van der Waals surface area contributed by atoms with Gasteiger partial charge in [0.1, 0.15) is 5.75 Å². The first-order valence-corrected chi connectivity index (χ1v) is 7.20. The van der Waals surface area contributed by atoms with Crippen LogP contribution in [0.1, 0.15) is 30.7 Å². The van der Waals surface area contributed by atoms with Crippen molar-refractivity contribution >= 4 is 11.6 Å². The van der Waals surface area contributed by atoms with Crippen LogP contribution in [0.15, 0.2) is 30.3 Å². The third-order valence-corrected chi connectivity index (χ3v) is 3.50. The number of nitrogens with two attached hydrogens (primary N) is 1. The molecule has 1 aromatic carbocycles. The molecule has 0 unspecified atom stereocenters. The Morgan fingerprint density at radius 2 is 1.95 bits per heavy atom. The number of pyridine rings is 1. The van der Waals surface area contributed by atoms with E-state index in [1.807, 2.05) is 30.3 Å². The molecule has 0 aliphatic carbocycles. The summed E-state index contributed by atoms with van der Waals surface area (Å²) in [6.07, 6.45) is 1.72. The summed E-state index contributed by atoms with van der Waals surface area (Å²) in [5.74, 6) is 1.32. The molecule has 0 radical (unpaired) electrons. The van der Waals surface area contributed by atoms with Crippen LogP contribution in [0.3, 0.4) is 0 Å². The van der Waals surface area contributed by atoms with Crippen molar-refractivity contribution in [3.63, 3.8) is 0 Å². The number of aromatic nitrogens is 1. The van der Waals surface area contributed by atoms with Crippen LogP contribution in [0.2, 0.25) is 5.02 Å². The summed E-state index contributed by atoms with van der Waals surface area (Å²) in [6.45, 7) is 4.60. The Morgan fingerprint density at radius 3 is 2.60 bits per heavy atom.